The Kier molecular flexibility index (Phi) is 5.13. The Balaban J connectivity index is 1.61. The lowest BCUT2D eigenvalue weighted by Gasteiger charge is -2.31. The number of methoxy groups -OCH3 is 1. The number of aromatic amines is 1. The van der Waals surface area contributed by atoms with Gasteiger partial charge in [0.1, 0.15) is 5.69 Å². The maximum Gasteiger partial charge on any atom is 0.110 e. The molecule has 6 nitrogen and oxygen atoms in total. The summed E-state index contributed by atoms with van der Waals surface area (Å²) in [6.45, 7) is 4.15. The number of rotatable bonds is 6. The summed E-state index contributed by atoms with van der Waals surface area (Å²) in [7, 11) is 1.76. The standard InChI is InChI=1S/C16H23N5O/c1-22-11-10-21-8-3-13(4-9-21)12-15-16(18-7-6-17-15)14-2-5-19-20-14/h2,5-7,13H,3-4,8-12H2,1H3,(H,19,20). The molecule has 2 aromatic rings. The third kappa shape index (κ3) is 3.69. The first-order valence-corrected chi connectivity index (χ1v) is 7.87. The highest BCUT2D eigenvalue weighted by atomic mass is 16.5. The van der Waals surface area contributed by atoms with Crippen LogP contribution in [0.5, 0.6) is 0 Å². The average Bonchev–Trinajstić information content (AvgIpc) is 3.09. The summed E-state index contributed by atoms with van der Waals surface area (Å²) in [6.07, 6.45) is 8.68. The van der Waals surface area contributed by atoms with E-state index >= 15 is 0 Å². The Hall–Kier alpha value is -1.79. The molecule has 6 heteroatoms. The molecular weight excluding hydrogens is 278 g/mol. The van der Waals surface area contributed by atoms with Gasteiger partial charge in [0.15, 0.2) is 0 Å². The molecule has 3 heterocycles. The molecule has 3 rings (SSSR count). The summed E-state index contributed by atoms with van der Waals surface area (Å²) in [6, 6.07) is 1.95. The van der Waals surface area contributed by atoms with Gasteiger partial charge in [-0.05, 0) is 44.3 Å². The molecule has 0 aromatic carbocycles. The molecule has 1 N–H and O–H groups in total. The van der Waals surface area contributed by atoms with Crippen molar-refractivity contribution in [3.63, 3.8) is 0 Å². The molecule has 0 unspecified atom stereocenters. The number of ether oxygens (including phenoxy) is 1. The zero-order chi connectivity index (χ0) is 15.2. The SMILES string of the molecule is COCCN1CCC(Cc2nccnc2-c2ccn[nH]2)CC1. The van der Waals surface area contributed by atoms with Crippen LogP contribution in [0, 0.1) is 5.92 Å². The van der Waals surface area contributed by atoms with Gasteiger partial charge in [-0.15, -0.1) is 0 Å². The largest absolute Gasteiger partial charge is 0.383 e. The maximum absolute atomic E-state index is 5.15. The predicted octanol–water partition coefficient (Wildman–Crippen LogP) is 1.77. The first-order valence-electron chi connectivity index (χ1n) is 7.87. The van der Waals surface area contributed by atoms with E-state index in [2.05, 4.69) is 25.1 Å². The third-order valence-corrected chi connectivity index (χ3v) is 4.33. The number of nitrogens with one attached hydrogen (secondary N) is 1. The van der Waals surface area contributed by atoms with Gasteiger partial charge in [0.2, 0.25) is 0 Å². The number of hydrogen-bond acceptors (Lipinski definition) is 5. The Bertz CT molecular complexity index is 564. The predicted molar refractivity (Wildman–Crippen MR) is 84.4 cm³/mol. The monoisotopic (exact) mass is 301 g/mol. The third-order valence-electron chi connectivity index (χ3n) is 4.33. The number of aromatic nitrogens is 4. The van der Waals surface area contributed by atoms with Crippen molar-refractivity contribution in [1.82, 2.24) is 25.1 Å². The van der Waals surface area contributed by atoms with Crippen LogP contribution in [0.3, 0.4) is 0 Å². The van der Waals surface area contributed by atoms with Crippen LogP contribution < -0.4 is 0 Å². The minimum atomic E-state index is 0.678. The van der Waals surface area contributed by atoms with Gasteiger partial charge in [-0.2, -0.15) is 5.10 Å². The van der Waals surface area contributed by atoms with Gasteiger partial charge < -0.3 is 9.64 Å². The van der Waals surface area contributed by atoms with Crippen LogP contribution in [-0.4, -0.2) is 58.4 Å². The van der Waals surface area contributed by atoms with Crippen LogP contribution in [0.2, 0.25) is 0 Å². The second-order valence-corrected chi connectivity index (χ2v) is 5.80. The van der Waals surface area contributed by atoms with E-state index in [0.717, 1.165) is 49.7 Å². The molecule has 1 aliphatic heterocycles. The Morgan fingerprint density at radius 1 is 1.23 bits per heavy atom. The lowest BCUT2D eigenvalue weighted by Crippen LogP contribution is -2.36. The van der Waals surface area contributed by atoms with E-state index in [9.17, 15) is 0 Å². The molecule has 1 fully saturated rings. The van der Waals surface area contributed by atoms with Crippen LogP contribution in [0.15, 0.2) is 24.7 Å². The Morgan fingerprint density at radius 3 is 2.77 bits per heavy atom. The van der Waals surface area contributed by atoms with Crippen molar-refractivity contribution in [1.29, 1.82) is 0 Å². The molecule has 118 valence electrons. The highest BCUT2D eigenvalue weighted by Crippen LogP contribution is 2.25. The number of H-pyrrole nitrogens is 1. The molecule has 0 aliphatic carbocycles. The van der Waals surface area contributed by atoms with E-state index in [1.165, 1.54) is 12.8 Å². The van der Waals surface area contributed by atoms with Crippen molar-refractivity contribution in [2.24, 2.45) is 5.92 Å². The van der Waals surface area contributed by atoms with Crippen molar-refractivity contribution in [3.05, 3.63) is 30.4 Å². The summed E-state index contributed by atoms with van der Waals surface area (Å²) in [4.78, 5) is 11.5. The van der Waals surface area contributed by atoms with Crippen molar-refractivity contribution >= 4 is 0 Å². The Labute approximate surface area is 130 Å². The fourth-order valence-electron chi connectivity index (χ4n) is 3.04. The summed E-state index contributed by atoms with van der Waals surface area (Å²) in [5.41, 5.74) is 2.95. The van der Waals surface area contributed by atoms with Crippen molar-refractivity contribution in [2.75, 3.05) is 33.4 Å². The fourth-order valence-corrected chi connectivity index (χ4v) is 3.04. The molecule has 0 bridgehead atoms. The number of nitrogens with zero attached hydrogens (tertiary/aromatic N) is 4. The van der Waals surface area contributed by atoms with E-state index < -0.39 is 0 Å². The molecule has 1 aliphatic rings. The van der Waals surface area contributed by atoms with Crippen molar-refractivity contribution in [3.8, 4) is 11.4 Å². The lowest BCUT2D eigenvalue weighted by molar-refractivity contribution is 0.120. The molecule has 0 amide bonds. The number of likely N-dealkylation sites (tertiary alicyclic amines) is 1. The summed E-state index contributed by atoms with van der Waals surface area (Å²) in [5.74, 6) is 0.678. The van der Waals surface area contributed by atoms with Gasteiger partial charge in [0, 0.05) is 32.2 Å². The topological polar surface area (TPSA) is 66.9 Å². The molecular formula is C16H23N5O. The van der Waals surface area contributed by atoms with Crippen molar-refractivity contribution < 1.29 is 4.74 Å². The van der Waals surface area contributed by atoms with E-state index in [4.69, 9.17) is 4.74 Å². The normalized spacial score (nSPS) is 17.0. The van der Waals surface area contributed by atoms with Gasteiger partial charge in [0.25, 0.3) is 0 Å². The molecule has 2 aromatic heterocycles. The molecule has 0 saturated carbocycles. The van der Waals surface area contributed by atoms with E-state index in [1.54, 1.807) is 25.7 Å². The molecule has 22 heavy (non-hydrogen) atoms. The first kappa shape index (κ1) is 15.1. The first-order chi connectivity index (χ1) is 10.9. The lowest BCUT2D eigenvalue weighted by atomic mass is 9.91. The minimum absolute atomic E-state index is 0.678. The van der Waals surface area contributed by atoms with Crippen LogP contribution in [-0.2, 0) is 11.2 Å². The molecule has 0 radical (unpaired) electrons. The van der Waals surface area contributed by atoms with Crippen LogP contribution in [0.1, 0.15) is 18.5 Å². The minimum Gasteiger partial charge on any atom is -0.383 e. The zero-order valence-electron chi connectivity index (χ0n) is 13.0. The maximum atomic E-state index is 5.15. The van der Waals surface area contributed by atoms with Crippen molar-refractivity contribution in [2.45, 2.75) is 19.3 Å². The van der Waals surface area contributed by atoms with E-state index in [0.29, 0.717) is 5.92 Å². The van der Waals surface area contributed by atoms with Crippen LogP contribution in [0.25, 0.3) is 11.4 Å². The average molecular weight is 301 g/mol. The summed E-state index contributed by atoms with van der Waals surface area (Å²) >= 11 is 0. The van der Waals surface area contributed by atoms with Gasteiger partial charge >= 0.3 is 0 Å². The quantitative estimate of drug-likeness (QED) is 0.881. The van der Waals surface area contributed by atoms with Gasteiger partial charge in [-0.3, -0.25) is 15.1 Å². The smallest absolute Gasteiger partial charge is 0.110 e. The van der Waals surface area contributed by atoms with Crippen LogP contribution in [0.4, 0.5) is 0 Å². The second kappa shape index (κ2) is 7.47. The van der Waals surface area contributed by atoms with Gasteiger partial charge in [0.05, 0.1) is 18.0 Å². The van der Waals surface area contributed by atoms with Gasteiger partial charge in [-0.1, -0.05) is 0 Å². The van der Waals surface area contributed by atoms with E-state index in [-0.39, 0.29) is 0 Å². The highest BCUT2D eigenvalue weighted by molar-refractivity contribution is 5.55. The highest BCUT2D eigenvalue weighted by Gasteiger charge is 2.21. The van der Waals surface area contributed by atoms with Gasteiger partial charge in [-0.25, -0.2) is 0 Å². The summed E-state index contributed by atoms with van der Waals surface area (Å²) < 4.78 is 5.15. The van der Waals surface area contributed by atoms with E-state index in [1.807, 2.05) is 6.07 Å². The Morgan fingerprint density at radius 2 is 2.05 bits per heavy atom. The fraction of sp³-hybridized carbons (Fsp3) is 0.562. The van der Waals surface area contributed by atoms with Crippen LogP contribution >= 0.6 is 0 Å². The molecule has 0 spiro atoms. The summed E-state index contributed by atoms with van der Waals surface area (Å²) in [5, 5.41) is 7.00. The second-order valence-electron chi connectivity index (χ2n) is 5.80. The number of piperidine rings is 1. The zero-order valence-corrected chi connectivity index (χ0v) is 13.0. The number of hydrogen-bond donors (Lipinski definition) is 1. The molecule has 1 saturated heterocycles. The molecule has 0 atom stereocenters.